The van der Waals surface area contributed by atoms with E-state index >= 15 is 0 Å². The van der Waals surface area contributed by atoms with E-state index in [4.69, 9.17) is 23.2 Å². The minimum absolute atomic E-state index is 0.177. The molecule has 1 fully saturated rings. The van der Waals surface area contributed by atoms with Crippen LogP contribution in [0, 0.1) is 0 Å². The molecule has 0 saturated carbocycles. The van der Waals surface area contributed by atoms with Gasteiger partial charge in [-0.05, 0) is 18.9 Å². The molecule has 2 heterocycles. The second kappa shape index (κ2) is 6.90. The number of rotatable bonds is 5. The van der Waals surface area contributed by atoms with Crippen LogP contribution in [0.2, 0.25) is 10.2 Å². The quantitative estimate of drug-likeness (QED) is 0.669. The fourth-order valence-electron chi connectivity index (χ4n) is 2.06. The van der Waals surface area contributed by atoms with Gasteiger partial charge in [0.05, 0.1) is 10.6 Å². The number of likely N-dealkylation sites (tertiary alicyclic amines) is 1. The predicted octanol–water partition coefficient (Wildman–Crippen LogP) is 2.13. The molecule has 2 rings (SSSR count). The molecule has 1 aromatic rings. The van der Waals surface area contributed by atoms with Crippen LogP contribution >= 0.6 is 23.2 Å². The van der Waals surface area contributed by atoms with Gasteiger partial charge in [0.1, 0.15) is 5.15 Å². The molecule has 0 radical (unpaired) electrons. The maximum atomic E-state index is 11.8. The molecule has 1 aliphatic heterocycles. The molecule has 1 saturated heterocycles. The lowest BCUT2D eigenvalue weighted by Gasteiger charge is -2.15. The van der Waals surface area contributed by atoms with E-state index in [1.807, 2.05) is 4.90 Å². The Bertz CT molecular complexity index is 522. The van der Waals surface area contributed by atoms with Crippen molar-refractivity contribution in [1.29, 1.82) is 0 Å². The van der Waals surface area contributed by atoms with Crippen molar-refractivity contribution >= 4 is 35.0 Å². The summed E-state index contributed by atoms with van der Waals surface area (Å²) >= 11 is 11.5. The van der Waals surface area contributed by atoms with E-state index < -0.39 is 0 Å². The van der Waals surface area contributed by atoms with Crippen molar-refractivity contribution in [2.75, 3.05) is 19.6 Å². The van der Waals surface area contributed by atoms with Gasteiger partial charge in [0.2, 0.25) is 5.91 Å². The van der Waals surface area contributed by atoms with E-state index in [9.17, 15) is 9.59 Å². The lowest BCUT2D eigenvalue weighted by atomic mass is 10.2. The van der Waals surface area contributed by atoms with Gasteiger partial charge in [-0.25, -0.2) is 4.98 Å². The molecule has 7 heteroatoms. The summed E-state index contributed by atoms with van der Waals surface area (Å²) in [5, 5.41) is 3.19. The van der Waals surface area contributed by atoms with Crippen LogP contribution in [0.5, 0.6) is 0 Å². The molecule has 0 spiro atoms. The first-order valence-corrected chi connectivity index (χ1v) is 7.20. The molecule has 0 unspecified atom stereocenters. The average Bonchev–Trinajstić information content (AvgIpc) is 2.83. The lowest BCUT2D eigenvalue weighted by molar-refractivity contribution is -0.127. The number of carbonyl (C=O) groups is 2. The molecule has 1 aromatic heterocycles. The van der Waals surface area contributed by atoms with Crippen LogP contribution in [0.1, 0.15) is 29.6 Å². The Morgan fingerprint density at radius 1 is 1.45 bits per heavy atom. The third kappa shape index (κ3) is 3.84. The summed E-state index contributed by atoms with van der Waals surface area (Å²) in [5.74, 6) is -0.0474. The topological polar surface area (TPSA) is 62.3 Å². The molecule has 0 aliphatic carbocycles. The van der Waals surface area contributed by atoms with Crippen LogP contribution in [0.4, 0.5) is 0 Å². The highest BCUT2D eigenvalue weighted by Gasteiger charge is 2.19. The Morgan fingerprint density at radius 2 is 2.25 bits per heavy atom. The molecule has 0 aromatic carbocycles. The van der Waals surface area contributed by atoms with E-state index in [0.717, 1.165) is 19.4 Å². The van der Waals surface area contributed by atoms with Crippen LogP contribution in [0.15, 0.2) is 12.3 Å². The standard InChI is InChI=1S/C13H15Cl2N3O2/c14-10-7-9(8-17-12(10)15)13(20)16-4-2-6-18-5-1-3-11(18)19/h7-8H,1-6H2,(H,16,20). The van der Waals surface area contributed by atoms with Crippen LogP contribution in [0.25, 0.3) is 0 Å². The Balaban J connectivity index is 1.74. The summed E-state index contributed by atoms with van der Waals surface area (Å²) in [6, 6.07) is 1.48. The van der Waals surface area contributed by atoms with Gasteiger partial charge in [-0.15, -0.1) is 0 Å². The molecule has 0 atom stereocenters. The van der Waals surface area contributed by atoms with Crippen molar-refractivity contribution in [3.8, 4) is 0 Å². The highest BCUT2D eigenvalue weighted by atomic mass is 35.5. The number of hydrogen-bond acceptors (Lipinski definition) is 3. The SMILES string of the molecule is O=C(NCCCN1CCCC1=O)c1cnc(Cl)c(Cl)c1. The van der Waals surface area contributed by atoms with Crippen LogP contribution in [-0.4, -0.2) is 41.3 Å². The number of pyridine rings is 1. The normalized spacial score (nSPS) is 14.7. The molecule has 1 N–H and O–H groups in total. The summed E-state index contributed by atoms with van der Waals surface area (Å²) in [6.45, 7) is 2.01. The van der Waals surface area contributed by atoms with Gasteiger partial charge in [0.15, 0.2) is 0 Å². The lowest BCUT2D eigenvalue weighted by Crippen LogP contribution is -2.30. The largest absolute Gasteiger partial charge is 0.352 e. The average molecular weight is 316 g/mol. The van der Waals surface area contributed by atoms with Crippen LogP contribution in [-0.2, 0) is 4.79 Å². The Morgan fingerprint density at radius 3 is 2.90 bits per heavy atom. The molecule has 5 nitrogen and oxygen atoms in total. The maximum absolute atomic E-state index is 11.8. The highest BCUT2D eigenvalue weighted by Crippen LogP contribution is 2.19. The van der Waals surface area contributed by atoms with Crippen molar-refractivity contribution in [3.05, 3.63) is 28.0 Å². The zero-order valence-electron chi connectivity index (χ0n) is 10.9. The van der Waals surface area contributed by atoms with Gasteiger partial charge < -0.3 is 10.2 Å². The van der Waals surface area contributed by atoms with Gasteiger partial charge in [0.25, 0.3) is 5.91 Å². The first kappa shape index (κ1) is 15.1. The van der Waals surface area contributed by atoms with Crippen molar-refractivity contribution in [3.63, 3.8) is 0 Å². The van der Waals surface area contributed by atoms with Gasteiger partial charge >= 0.3 is 0 Å². The first-order chi connectivity index (χ1) is 9.58. The van der Waals surface area contributed by atoms with Gasteiger partial charge in [0, 0.05) is 32.3 Å². The molecular formula is C13H15Cl2N3O2. The number of halogens is 2. The fraction of sp³-hybridized carbons (Fsp3) is 0.462. The third-order valence-electron chi connectivity index (χ3n) is 3.12. The molecule has 0 bridgehead atoms. The van der Waals surface area contributed by atoms with Crippen molar-refractivity contribution in [2.45, 2.75) is 19.3 Å². The van der Waals surface area contributed by atoms with E-state index in [1.54, 1.807) is 0 Å². The summed E-state index contributed by atoms with van der Waals surface area (Å²) in [5.41, 5.74) is 0.372. The summed E-state index contributed by atoms with van der Waals surface area (Å²) in [6.07, 6.45) is 3.68. The Labute approximate surface area is 127 Å². The van der Waals surface area contributed by atoms with Crippen molar-refractivity contribution in [1.82, 2.24) is 15.2 Å². The number of aromatic nitrogens is 1. The number of amides is 2. The smallest absolute Gasteiger partial charge is 0.252 e. The van der Waals surface area contributed by atoms with E-state index in [-0.39, 0.29) is 22.0 Å². The molecular weight excluding hydrogens is 301 g/mol. The van der Waals surface area contributed by atoms with Gasteiger partial charge in [-0.1, -0.05) is 23.2 Å². The van der Waals surface area contributed by atoms with E-state index in [2.05, 4.69) is 10.3 Å². The fourth-order valence-corrected chi connectivity index (χ4v) is 2.33. The maximum Gasteiger partial charge on any atom is 0.252 e. The second-order valence-corrected chi connectivity index (χ2v) is 5.36. The van der Waals surface area contributed by atoms with Gasteiger partial charge in [-0.2, -0.15) is 0 Å². The van der Waals surface area contributed by atoms with Crippen LogP contribution in [0.3, 0.4) is 0 Å². The monoisotopic (exact) mass is 315 g/mol. The van der Waals surface area contributed by atoms with Crippen LogP contribution < -0.4 is 5.32 Å². The Kier molecular flexibility index (Phi) is 5.20. The zero-order valence-corrected chi connectivity index (χ0v) is 12.4. The van der Waals surface area contributed by atoms with E-state index in [1.165, 1.54) is 12.3 Å². The number of nitrogens with one attached hydrogen (secondary N) is 1. The first-order valence-electron chi connectivity index (χ1n) is 6.45. The number of nitrogens with zero attached hydrogens (tertiary/aromatic N) is 2. The molecule has 2 amide bonds. The summed E-state index contributed by atoms with van der Waals surface area (Å²) in [7, 11) is 0. The van der Waals surface area contributed by atoms with Crippen molar-refractivity contribution < 1.29 is 9.59 Å². The van der Waals surface area contributed by atoms with Crippen molar-refractivity contribution in [2.24, 2.45) is 0 Å². The molecule has 1 aliphatic rings. The van der Waals surface area contributed by atoms with E-state index in [0.29, 0.717) is 25.1 Å². The minimum Gasteiger partial charge on any atom is -0.352 e. The predicted molar refractivity (Wildman–Crippen MR) is 77.0 cm³/mol. The Hall–Kier alpha value is -1.33. The zero-order chi connectivity index (χ0) is 14.5. The molecule has 20 heavy (non-hydrogen) atoms. The summed E-state index contributed by atoms with van der Waals surface area (Å²) in [4.78, 5) is 28.9. The third-order valence-corrected chi connectivity index (χ3v) is 3.81. The van der Waals surface area contributed by atoms with Gasteiger partial charge in [-0.3, -0.25) is 9.59 Å². The highest BCUT2D eigenvalue weighted by molar-refractivity contribution is 6.41. The summed E-state index contributed by atoms with van der Waals surface area (Å²) < 4.78 is 0. The number of hydrogen-bond donors (Lipinski definition) is 1. The minimum atomic E-state index is -0.246. The molecule has 108 valence electrons. The number of carbonyl (C=O) groups excluding carboxylic acids is 2. The second-order valence-electron chi connectivity index (χ2n) is 4.59.